The summed E-state index contributed by atoms with van der Waals surface area (Å²) in [6.07, 6.45) is 1.20. The number of nitrogens with one attached hydrogen (secondary N) is 1. The summed E-state index contributed by atoms with van der Waals surface area (Å²) < 4.78 is 11.2. The first kappa shape index (κ1) is 15.5. The molecule has 1 heterocycles. The van der Waals surface area contributed by atoms with Gasteiger partial charge >= 0.3 is 0 Å². The van der Waals surface area contributed by atoms with Crippen molar-refractivity contribution in [3.8, 4) is 5.75 Å². The van der Waals surface area contributed by atoms with Gasteiger partial charge in [0, 0.05) is 12.6 Å². The molecule has 0 saturated carbocycles. The number of para-hydroxylation sites is 1. The van der Waals surface area contributed by atoms with Gasteiger partial charge in [-0.25, -0.2) is 0 Å². The predicted molar refractivity (Wildman–Crippen MR) is 89.8 cm³/mol. The van der Waals surface area contributed by atoms with Crippen molar-refractivity contribution < 1.29 is 14.3 Å². The van der Waals surface area contributed by atoms with Crippen molar-refractivity contribution >= 4 is 12.2 Å². The monoisotopic (exact) mass is 327 g/mol. The Kier molecular flexibility index (Phi) is 4.90. The average molecular weight is 327 g/mol. The maximum absolute atomic E-state index is 10.3. The van der Waals surface area contributed by atoms with Gasteiger partial charge in [-0.05, 0) is 29.4 Å². The summed E-state index contributed by atoms with van der Waals surface area (Å²) in [6.45, 7) is 0.485. The van der Waals surface area contributed by atoms with Crippen LogP contribution in [0.2, 0.25) is 0 Å². The Labute approximate surface area is 139 Å². The van der Waals surface area contributed by atoms with E-state index in [4.69, 9.17) is 21.4 Å². The Bertz CT molecular complexity index is 810. The summed E-state index contributed by atoms with van der Waals surface area (Å²) in [4.78, 5) is 3.01. The van der Waals surface area contributed by atoms with E-state index in [9.17, 15) is 5.11 Å². The lowest BCUT2D eigenvalue weighted by atomic mass is 10.1. The quantitative estimate of drug-likeness (QED) is 0.667. The Hall–Kier alpha value is -2.37. The summed E-state index contributed by atoms with van der Waals surface area (Å²) in [5.74, 6) is 1.18. The van der Waals surface area contributed by atoms with Crippen molar-refractivity contribution in [1.82, 2.24) is 4.98 Å². The number of hydrogen-bond donors (Lipinski definition) is 2. The second-order valence-electron chi connectivity index (χ2n) is 5.18. The van der Waals surface area contributed by atoms with E-state index >= 15 is 0 Å². The van der Waals surface area contributed by atoms with Crippen LogP contribution in [-0.4, -0.2) is 10.1 Å². The minimum atomic E-state index is -0.774. The van der Waals surface area contributed by atoms with E-state index in [0.717, 1.165) is 16.9 Å². The van der Waals surface area contributed by atoms with Crippen LogP contribution in [-0.2, 0) is 13.0 Å². The Morgan fingerprint density at radius 3 is 2.57 bits per heavy atom. The van der Waals surface area contributed by atoms with E-state index in [1.807, 2.05) is 54.6 Å². The molecule has 3 rings (SSSR count). The lowest BCUT2D eigenvalue weighted by Gasteiger charge is -2.13. The SMILES string of the molecule is OC(Cc1ccccc1OCc1ccccc1)c1c[nH]c(=S)o1. The number of hydrogen-bond acceptors (Lipinski definition) is 4. The fraction of sp³-hybridized carbons (Fsp3) is 0.167. The number of oxazole rings is 1. The minimum absolute atomic E-state index is 0.257. The lowest BCUT2D eigenvalue weighted by molar-refractivity contribution is 0.148. The third kappa shape index (κ3) is 4.09. The van der Waals surface area contributed by atoms with Crippen molar-refractivity contribution in [1.29, 1.82) is 0 Å². The topological polar surface area (TPSA) is 58.4 Å². The first-order valence-electron chi connectivity index (χ1n) is 7.33. The molecule has 0 spiro atoms. The van der Waals surface area contributed by atoms with Crippen molar-refractivity contribution in [2.45, 2.75) is 19.1 Å². The standard InChI is InChI=1S/C18H17NO3S/c20-15(17-11-19-18(23)22-17)10-14-8-4-5-9-16(14)21-12-13-6-2-1-3-7-13/h1-9,11,15,20H,10,12H2,(H,19,23). The number of rotatable bonds is 6. The molecule has 1 atom stereocenters. The first-order valence-corrected chi connectivity index (χ1v) is 7.74. The van der Waals surface area contributed by atoms with Gasteiger partial charge < -0.3 is 19.2 Å². The zero-order valence-corrected chi connectivity index (χ0v) is 13.3. The second kappa shape index (κ2) is 7.26. The molecular weight excluding hydrogens is 310 g/mol. The molecule has 5 heteroatoms. The summed E-state index contributed by atoms with van der Waals surface area (Å²) in [6, 6.07) is 17.6. The van der Waals surface area contributed by atoms with Gasteiger partial charge in [-0.3, -0.25) is 0 Å². The molecule has 23 heavy (non-hydrogen) atoms. The molecule has 118 valence electrons. The van der Waals surface area contributed by atoms with Crippen molar-refractivity contribution in [3.63, 3.8) is 0 Å². The van der Waals surface area contributed by atoms with Crippen LogP contribution in [0.25, 0.3) is 0 Å². The number of aromatic nitrogens is 1. The van der Waals surface area contributed by atoms with Crippen molar-refractivity contribution in [2.24, 2.45) is 0 Å². The summed E-state index contributed by atoms with van der Waals surface area (Å²) in [5, 5.41) is 10.3. The van der Waals surface area contributed by atoms with Gasteiger partial charge in [0.25, 0.3) is 4.84 Å². The molecule has 0 fully saturated rings. The largest absolute Gasteiger partial charge is 0.489 e. The van der Waals surface area contributed by atoms with E-state index in [1.54, 1.807) is 6.20 Å². The van der Waals surface area contributed by atoms with Gasteiger partial charge in [-0.15, -0.1) is 0 Å². The number of aliphatic hydroxyl groups is 1. The Morgan fingerprint density at radius 2 is 1.83 bits per heavy atom. The highest BCUT2D eigenvalue weighted by atomic mass is 32.1. The van der Waals surface area contributed by atoms with Crippen LogP contribution in [0.4, 0.5) is 0 Å². The van der Waals surface area contributed by atoms with Gasteiger partial charge in [0.2, 0.25) is 0 Å². The van der Waals surface area contributed by atoms with Crippen LogP contribution >= 0.6 is 12.2 Å². The van der Waals surface area contributed by atoms with Gasteiger partial charge in [0.05, 0.1) is 0 Å². The molecule has 3 aromatic rings. The molecule has 4 nitrogen and oxygen atoms in total. The van der Waals surface area contributed by atoms with Crippen LogP contribution in [0.1, 0.15) is 23.0 Å². The molecule has 0 aliphatic rings. The highest BCUT2D eigenvalue weighted by Crippen LogP contribution is 2.25. The summed E-state index contributed by atoms with van der Waals surface area (Å²) in [7, 11) is 0. The smallest absolute Gasteiger partial charge is 0.266 e. The summed E-state index contributed by atoms with van der Waals surface area (Å²) >= 11 is 4.88. The Balaban J connectivity index is 1.71. The highest BCUT2D eigenvalue weighted by molar-refractivity contribution is 7.71. The van der Waals surface area contributed by atoms with Crippen molar-refractivity contribution in [2.75, 3.05) is 0 Å². The maximum Gasteiger partial charge on any atom is 0.266 e. The van der Waals surface area contributed by atoms with Crippen molar-refractivity contribution in [3.05, 3.63) is 82.5 Å². The van der Waals surface area contributed by atoms with E-state index < -0.39 is 6.10 Å². The number of H-pyrrole nitrogens is 1. The highest BCUT2D eigenvalue weighted by Gasteiger charge is 2.15. The number of benzene rings is 2. The maximum atomic E-state index is 10.3. The van der Waals surface area contributed by atoms with Crippen LogP contribution in [0.3, 0.4) is 0 Å². The number of ether oxygens (including phenoxy) is 1. The van der Waals surface area contributed by atoms with Crippen LogP contribution in [0.15, 0.2) is 65.2 Å². The molecule has 1 aromatic heterocycles. The molecule has 0 bridgehead atoms. The van der Waals surface area contributed by atoms with Gasteiger partial charge in [-0.1, -0.05) is 48.5 Å². The molecule has 2 N–H and O–H groups in total. The van der Waals surface area contributed by atoms with E-state index in [0.29, 0.717) is 18.8 Å². The van der Waals surface area contributed by atoms with Crippen LogP contribution in [0.5, 0.6) is 5.75 Å². The van der Waals surface area contributed by atoms with Crippen LogP contribution in [0, 0.1) is 4.84 Å². The van der Waals surface area contributed by atoms with E-state index in [1.165, 1.54) is 0 Å². The molecule has 0 aliphatic carbocycles. The third-order valence-electron chi connectivity index (χ3n) is 3.49. The third-order valence-corrected chi connectivity index (χ3v) is 3.70. The second-order valence-corrected chi connectivity index (χ2v) is 5.55. The van der Waals surface area contributed by atoms with E-state index in [-0.39, 0.29) is 4.84 Å². The molecule has 0 amide bonds. The average Bonchev–Trinajstić information content (AvgIpc) is 3.02. The molecule has 0 saturated heterocycles. The predicted octanol–water partition coefficient (Wildman–Crippen LogP) is 4.19. The number of aromatic amines is 1. The van der Waals surface area contributed by atoms with Gasteiger partial charge in [-0.2, -0.15) is 0 Å². The first-order chi connectivity index (χ1) is 11.2. The van der Waals surface area contributed by atoms with E-state index in [2.05, 4.69) is 4.98 Å². The van der Waals surface area contributed by atoms with Gasteiger partial charge in [0.15, 0.2) is 5.76 Å². The Morgan fingerprint density at radius 1 is 1.09 bits per heavy atom. The summed E-state index contributed by atoms with van der Waals surface area (Å²) in [5.41, 5.74) is 2.01. The zero-order valence-electron chi connectivity index (χ0n) is 12.4. The molecule has 1 unspecified atom stereocenters. The molecular formula is C18H17NO3S. The number of aliphatic hydroxyl groups excluding tert-OH is 1. The normalized spacial score (nSPS) is 12.0. The molecule has 0 radical (unpaired) electrons. The fourth-order valence-corrected chi connectivity index (χ4v) is 2.47. The fourth-order valence-electron chi connectivity index (χ4n) is 2.32. The molecule has 2 aromatic carbocycles. The van der Waals surface area contributed by atoms with Crippen LogP contribution < -0.4 is 4.74 Å². The molecule has 0 aliphatic heterocycles. The lowest BCUT2D eigenvalue weighted by Crippen LogP contribution is -2.04. The van der Waals surface area contributed by atoms with Gasteiger partial charge in [0.1, 0.15) is 18.5 Å². The zero-order chi connectivity index (χ0) is 16.1. The minimum Gasteiger partial charge on any atom is -0.489 e.